The third-order valence-corrected chi connectivity index (χ3v) is 3.54. The number of ketones is 1. The first kappa shape index (κ1) is 10.6. The number of aromatic amines is 1. The molecule has 15 heavy (non-hydrogen) atoms. The largest absolute Gasteiger partial charge is 0.341 e. The number of nitrogens with zero attached hydrogens (tertiary/aromatic N) is 1. The summed E-state index contributed by atoms with van der Waals surface area (Å²) in [4.78, 5) is 19.3. The van der Waals surface area contributed by atoms with Crippen molar-refractivity contribution in [2.24, 2.45) is 0 Å². The van der Waals surface area contributed by atoms with Gasteiger partial charge in [-0.1, -0.05) is 0 Å². The first-order valence-corrected chi connectivity index (χ1v) is 6.05. The maximum absolute atomic E-state index is 10.9. The van der Waals surface area contributed by atoms with Crippen LogP contribution in [0.2, 0.25) is 0 Å². The molecule has 3 nitrogen and oxygen atoms in total. The van der Waals surface area contributed by atoms with Gasteiger partial charge in [-0.2, -0.15) is 0 Å². The molecule has 0 spiro atoms. The Labute approximate surface area is 99.7 Å². The van der Waals surface area contributed by atoms with Crippen molar-refractivity contribution in [3.05, 3.63) is 27.9 Å². The summed E-state index contributed by atoms with van der Waals surface area (Å²) >= 11 is 5.04. The average molecular weight is 285 g/mol. The lowest BCUT2D eigenvalue weighted by molar-refractivity contribution is -0.116. The van der Waals surface area contributed by atoms with Gasteiger partial charge in [-0.3, -0.25) is 4.79 Å². The zero-order valence-electron chi connectivity index (χ0n) is 8.08. The van der Waals surface area contributed by atoms with E-state index >= 15 is 0 Å². The van der Waals surface area contributed by atoms with Crippen LogP contribution in [0.1, 0.15) is 12.7 Å². The molecule has 78 valence electrons. The van der Waals surface area contributed by atoms with Crippen LogP contribution in [0.15, 0.2) is 22.1 Å². The van der Waals surface area contributed by atoms with Gasteiger partial charge in [0.1, 0.15) is 11.6 Å². The number of carbonyl (C=O) groups excluding carboxylic acids is 1. The lowest BCUT2D eigenvalue weighted by atomic mass is 10.3. The second kappa shape index (κ2) is 4.28. The number of hydrogen-bond acceptors (Lipinski definition) is 3. The van der Waals surface area contributed by atoms with Crippen molar-refractivity contribution in [2.75, 3.05) is 0 Å². The van der Waals surface area contributed by atoms with E-state index < -0.39 is 0 Å². The molecular formula is C10H9BrN2OS. The molecule has 5 heteroatoms. The molecule has 0 aliphatic rings. The van der Waals surface area contributed by atoms with E-state index in [-0.39, 0.29) is 5.78 Å². The van der Waals surface area contributed by atoms with Crippen LogP contribution >= 0.6 is 27.3 Å². The number of imidazole rings is 1. The highest BCUT2D eigenvalue weighted by atomic mass is 79.9. The van der Waals surface area contributed by atoms with E-state index in [0.29, 0.717) is 6.42 Å². The molecule has 0 unspecified atom stereocenters. The Balaban J connectivity index is 2.23. The van der Waals surface area contributed by atoms with E-state index in [0.717, 1.165) is 20.2 Å². The molecule has 2 rings (SSSR count). The Hall–Kier alpha value is -0.940. The van der Waals surface area contributed by atoms with Gasteiger partial charge in [-0.15, -0.1) is 11.3 Å². The Bertz CT molecular complexity index is 489. The van der Waals surface area contributed by atoms with Crippen molar-refractivity contribution in [2.45, 2.75) is 13.3 Å². The van der Waals surface area contributed by atoms with Gasteiger partial charge in [-0.25, -0.2) is 4.98 Å². The number of Topliss-reactive ketones (excluding diaryl/α,β-unsaturated/α-hetero) is 1. The highest BCUT2D eigenvalue weighted by molar-refractivity contribution is 9.11. The lowest BCUT2D eigenvalue weighted by Gasteiger charge is -1.91. The van der Waals surface area contributed by atoms with Gasteiger partial charge < -0.3 is 4.98 Å². The number of nitrogens with one attached hydrogen (secondary N) is 1. The van der Waals surface area contributed by atoms with Gasteiger partial charge in [0.2, 0.25) is 0 Å². The normalized spacial score (nSPS) is 10.5. The monoisotopic (exact) mass is 284 g/mol. The van der Waals surface area contributed by atoms with E-state index in [2.05, 4.69) is 25.9 Å². The van der Waals surface area contributed by atoms with Crippen molar-refractivity contribution in [1.29, 1.82) is 0 Å². The number of carbonyl (C=O) groups is 1. The number of rotatable bonds is 3. The molecule has 2 heterocycles. The number of H-pyrrole nitrogens is 1. The van der Waals surface area contributed by atoms with Crippen molar-refractivity contribution in [3.8, 4) is 10.6 Å². The molecule has 0 radical (unpaired) electrons. The van der Waals surface area contributed by atoms with Gasteiger partial charge in [0.25, 0.3) is 0 Å². The molecule has 0 atom stereocenters. The van der Waals surface area contributed by atoms with Gasteiger partial charge in [0, 0.05) is 0 Å². The van der Waals surface area contributed by atoms with Gasteiger partial charge in [0.15, 0.2) is 0 Å². The molecule has 0 amide bonds. The third kappa shape index (κ3) is 2.54. The molecule has 2 aromatic rings. The predicted octanol–water partition coefficient (Wildman–Crippen LogP) is 3.03. The summed E-state index contributed by atoms with van der Waals surface area (Å²) in [5, 5.41) is 0. The second-order valence-electron chi connectivity index (χ2n) is 3.23. The van der Waals surface area contributed by atoms with Crippen LogP contribution in [-0.2, 0) is 11.2 Å². The Morgan fingerprint density at radius 3 is 3.00 bits per heavy atom. The maximum Gasteiger partial charge on any atom is 0.137 e. The standard InChI is InChI=1S/C10H9BrN2OS/c1-6(14)4-10-12-5-7(13-10)8-2-3-9(11)15-8/h2-3,5H,4H2,1H3,(H,12,13). The Kier molecular flexibility index (Phi) is 3.02. The molecule has 1 N–H and O–H groups in total. The quantitative estimate of drug-likeness (QED) is 0.942. The van der Waals surface area contributed by atoms with Gasteiger partial charge in [0.05, 0.1) is 27.0 Å². The molecule has 0 bridgehead atoms. The first-order chi connectivity index (χ1) is 7.15. The maximum atomic E-state index is 10.9. The SMILES string of the molecule is CC(=O)Cc1ncc(-c2ccc(Br)s2)[nH]1. The number of aromatic nitrogens is 2. The van der Waals surface area contributed by atoms with Gasteiger partial charge in [-0.05, 0) is 35.0 Å². The number of hydrogen-bond donors (Lipinski definition) is 1. The fourth-order valence-electron chi connectivity index (χ4n) is 1.27. The number of halogens is 1. The second-order valence-corrected chi connectivity index (χ2v) is 5.69. The number of thiophene rings is 1. The van der Waals surface area contributed by atoms with Crippen LogP contribution in [0.5, 0.6) is 0 Å². The van der Waals surface area contributed by atoms with Crippen LogP contribution in [0, 0.1) is 0 Å². The van der Waals surface area contributed by atoms with E-state index in [9.17, 15) is 4.79 Å². The predicted molar refractivity (Wildman–Crippen MR) is 64.0 cm³/mol. The summed E-state index contributed by atoms with van der Waals surface area (Å²) in [6.07, 6.45) is 2.13. The Morgan fingerprint density at radius 1 is 1.60 bits per heavy atom. The molecule has 0 aromatic carbocycles. The highest BCUT2D eigenvalue weighted by Gasteiger charge is 2.06. The minimum atomic E-state index is 0.114. The average Bonchev–Trinajstić information content (AvgIpc) is 2.72. The zero-order chi connectivity index (χ0) is 10.8. The van der Waals surface area contributed by atoms with E-state index in [4.69, 9.17) is 0 Å². The Morgan fingerprint density at radius 2 is 2.40 bits per heavy atom. The topological polar surface area (TPSA) is 45.8 Å². The molecule has 0 saturated heterocycles. The fraction of sp³-hybridized carbons (Fsp3) is 0.200. The molecular weight excluding hydrogens is 276 g/mol. The summed E-state index contributed by atoms with van der Waals surface area (Å²) in [5.74, 6) is 0.838. The minimum absolute atomic E-state index is 0.114. The van der Waals surface area contributed by atoms with Crippen molar-refractivity contribution in [3.63, 3.8) is 0 Å². The van der Waals surface area contributed by atoms with Crippen LogP contribution in [0.4, 0.5) is 0 Å². The zero-order valence-corrected chi connectivity index (χ0v) is 10.5. The highest BCUT2D eigenvalue weighted by Crippen LogP contribution is 2.29. The summed E-state index contributed by atoms with van der Waals surface area (Å²) < 4.78 is 1.08. The first-order valence-electron chi connectivity index (χ1n) is 4.44. The fourth-order valence-corrected chi connectivity index (χ4v) is 2.62. The van der Waals surface area contributed by atoms with Crippen LogP contribution in [0.3, 0.4) is 0 Å². The lowest BCUT2D eigenvalue weighted by Crippen LogP contribution is -1.97. The summed E-state index contributed by atoms with van der Waals surface area (Å²) in [7, 11) is 0. The van der Waals surface area contributed by atoms with Crippen LogP contribution in [-0.4, -0.2) is 15.8 Å². The summed E-state index contributed by atoms with van der Waals surface area (Å²) in [6, 6.07) is 4.01. The van der Waals surface area contributed by atoms with Crippen molar-refractivity contribution >= 4 is 33.0 Å². The molecule has 0 fully saturated rings. The minimum Gasteiger partial charge on any atom is -0.341 e. The van der Waals surface area contributed by atoms with E-state index in [1.807, 2.05) is 12.1 Å². The summed E-state index contributed by atoms with van der Waals surface area (Å²) in [6.45, 7) is 1.56. The third-order valence-electron chi connectivity index (χ3n) is 1.88. The molecule has 0 saturated carbocycles. The van der Waals surface area contributed by atoms with Crippen molar-refractivity contribution < 1.29 is 4.79 Å². The van der Waals surface area contributed by atoms with Crippen LogP contribution in [0.25, 0.3) is 10.6 Å². The summed E-state index contributed by atoms with van der Waals surface area (Å²) in [5.41, 5.74) is 0.960. The van der Waals surface area contributed by atoms with E-state index in [1.54, 1.807) is 24.5 Å². The molecule has 0 aliphatic heterocycles. The molecule has 2 aromatic heterocycles. The van der Waals surface area contributed by atoms with Gasteiger partial charge >= 0.3 is 0 Å². The van der Waals surface area contributed by atoms with Crippen molar-refractivity contribution in [1.82, 2.24) is 9.97 Å². The molecule has 0 aliphatic carbocycles. The van der Waals surface area contributed by atoms with E-state index in [1.165, 1.54) is 0 Å². The smallest absolute Gasteiger partial charge is 0.137 e. The van der Waals surface area contributed by atoms with Crippen LogP contribution < -0.4 is 0 Å².